The highest BCUT2D eigenvalue weighted by Gasteiger charge is 2.12. The zero-order valence-corrected chi connectivity index (χ0v) is 12.5. The molecule has 0 aromatic heterocycles. The van der Waals surface area contributed by atoms with E-state index in [0.29, 0.717) is 11.3 Å². The standard InChI is InChI=1S/C13H19BrN2O2/c1-9(6-7-16(2)3)15-12-5-4-10(14)8-11(12)13(17)18/h4-5,8-9,15H,6-7H2,1-3H3,(H,17,18). The Hall–Kier alpha value is -1.07. The maximum atomic E-state index is 11.2. The Balaban J connectivity index is 2.74. The van der Waals surface area contributed by atoms with Crippen LogP contribution in [0.5, 0.6) is 0 Å². The average Bonchev–Trinajstić information content (AvgIpc) is 2.28. The highest BCUT2D eigenvalue weighted by molar-refractivity contribution is 9.10. The lowest BCUT2D eigenvalue weighted by Gasteiger charge is -2.19. The van der Waals surface area contributed by atoms with Gasteiger partial charge in [-0.3, -0.25) is 0 Å². The fourth-order valence-corrected chi connectivity index (χ4v) is 1.97. The average molecular weight is 315 g/mol. The Morgan fingerprint density at radius 2 is 2.17 bits per heavy atom. The third-order valence-electron chi connectivity index (χ3n) is 2.62. The zero-order valence-electron chi connectivity index (χ0n) is 10.9. The van der Waals surface area contributed by atoms with Gasteiger partial charge >= 0.3 is 5.97 Å². The van der Waals surface area contributed by atoms with Crippen molar-refractivity contribution in [1.82, 2.24) is 4.90 Å². The summed E-state index contributed by atoms with van der Waals surface area (Å²) in [4.78, 5) is 13.3. The van der Waals surface area contributed by atoms with Crippen molar-refractivity contribution in [1.29, 1.82) is 0 Å². The van der Waals surface area contributed by atoms with Gasteiger partial charge in [-0.2, -0.15) is 0 Å². The van der Waals surface area contributed by atoms with Crippen LogP contribution in [0.25, 0.3) is 0 Å². The number of rotatable bonds is 6. The summed E-state index contributed by atoms with van der Waals surface area (Å²) in [5.41, 5.74) is 0.957. The van der Waals surface area contributed by atoms with Crippen LogP contribution >= 0.6 is 15.9 Å². The SMILES string of the molecule is CC(CCN(C)C)Nc1ccc(Br)cc1C(=O)O. The van der Waals surface area contributed by atoms with Crippen molar-refractivity contribution in [3.63, 3.8) is 0 Å². The normalized spacial score (nSPS) is 12.5. The van der Waals surface area contributed by atoms with E-state index in [1.54, 1.807) is 12.1 Å². The lowest BCUT2D eigenvalue weighted by Crippen LogP contribution is -2.23. The summed E-state index contributed by atoms with van der Waals surface area (Å²) in [7, 11) is 4.05. The second kappa shape index (κ2) is 6.75. The molecule has 5 heteroatoms. The minimum Gasteiger partial charge on any atom is -0.478 e. The van der Waals surface area contributed by atoms with E-state index in [0.717, 1.165) is 17.4 Å². The summed E-state index contributed by atoms with van der Waals surface area (Å²) in [6.07, 6.45) is 0.960. The molecule has 1 unspecified atom stereocenters. The number of carbonyl (C=O) groups is 1. The van der Waals surface area contributed by atoms with Gasteiger partial charge in [0.1, 0.15) is 0 Å². The first-order valence-electron chi connectivity index (χ1n) is 5.84. The number of halogens is 1. The molecule has 0 radical (unpaired) electrons. The molecule has 0 bridgehead atoms. The number of hydrogen-bond acceptors (Lipinski definition) is 3. The van der Waals surface area contributed by atoms with Gasteiger partial charge < -0.3 is 15.3 Å². The molecule has 1 aromatic rings. The molecule has 0 heterocycles. The highest BCUT2D eigenvalue weighted by atomic mass is 79.9. The third kappa shape index (κ3) is 4.66. The van der Waals surface area contributed by atoms with Crippen molar-refractivity contribution in [2.24, 2.45) is 0 Å². The van der Waals surface area contributed by atoms with Crippen LogP contribution < -0.4 is 5.32 Å². The highest BCUT2D eigenvalue weighted by Crippen LogP contribution is 2.22. The summed E-state index contributed by atoms with van der Waals surface area (Å²) < 4.78 is 0.770. The second-order valence-electron chi connectivity index (χ2n) is 4.63. The van der Waals surface area contributed by atoms with Gasteiger partial charge in [-0.15, -0.1) is 0 Å². The van der Waals surface area contributed by atoms with Crippen molar-refractivity contribution in [3.05, 3.63) is 28.2 Å². The Kier molecular flexibility index (Phi) is 5.62. The summed E-state index contributed by atoms with van der Waals surface area (Å²) in [5, 5.41) is 12.4. The molecule has 0 aliphatic heterocycles. The van der Waals surface area contributed by atoms with Crippen LogP contribution in [-0.4, -0.2) is 42.7 Å². The number of benzene rings is 1. The largest absolute Gasteiger partial charge is 0.478 e. The molecule has 100 valence electrons. The molecule has 4 nitrogen and oxygen atoms in total. The number of carboxylic acid groups (broad SMARTS) is 1. The molecular weight excluding hydrogens is 296 g/mol. The lowest BCUT2D eigenvalue weighted by molar-refractivity contribution is 0.0698. The molecule has 18 heavy (non-hydrogen) atoms. The summed E-state index contributed by atoms with van der Waals surface area (Å²) in [5.74, 6) is -0.918. The first-order valence-corrected chi connectivity index (χ1v) is 6.63. The van der Waals surface area contributed by atoms with E-state index < -0.39 is 5.97 Å². The van der Waals surface area contributed by atoms with Crippen LogP contribution in [-0.2, 0) is 0 Å². The van der Waals surface area contributed by atoms with Crippen molar-refractivity contribution in [3.8, 4) is 0 Å². The van der Waals surface area contributed by atoms with Gasteiger partial charge in [0.05, 0.1) is 5.56 Å². The Morgan fingerprint density at radius 3 is 2.72 bits per heavy atom. The Labute approximate surface area is 116 Å². The molecule has 0 spiro atoms. The number of hydrogen-bond donors (Lipinski definition) is 2. The maximum Gasteiger partial charge on any atom is 0.337 e. The Bertz CT molecular complexity index is 421. The summed E-state index contributed by atoms with van der Waals surface area (Å²) in [6, 6.07) is 5.47. The van der Waals surface area contributed by atoms with E-state index in [4.69, 9.17) is 5.11 Å². The summed E-state index contributed by atoms with van der Waals surface area (Å²) in [6.45, 7) is 3.02. The monoisotopic (exact) mass is 314 g/mol. The van der Waals surface area contributed by atoms with Crippen molar-refractivity contribution in [2.45, 2.75) is 19.4 Å². The van der Waals surface area contributed by atoms with E-state index in [1.165, 1.54) is 0 Å². The van der Waals surface area contributed by atoms with Gasteiger partial charge in [0.25, 0.3) is 0 Å². The number of anilines is 1. The molecule has 0 aliphatic rings. The third-order valence-corrected chi connectivity index (χ3v) is 3.12. The van der Waals surface area contributed by atoms with Crippen LogP contribution in [0.2, 0.25) is 0 Å². The van der Waals surface area contributed by atoms with Gasteiger partial charge in [0, 0.05) is 16.2 Å². The smallest absolute Gasteiger partial charge is 0.337 e. The molecule has 1 atom stereocenters. The second-order valence-corrected chi connectivity index (χ2v) is 5.55. The van der Waals surface area contributed by atoms with Crippen LogP contribution in [0.15, 0.2) is 22.7 Å². The van der Waals surface area contributed by atoms with Gasteiger partial charge in [0.2, 0.25) is 0 Å². The molecule has 0 aliphatic carbocycles. The molecular formula is C13H19BrN2O2. The number of aromatic carboxylic acids is 1. The topological polar surface area (TPSA) is 52.6 Å². The lowest BCUT2D eigenvalue weighted by atomic mass is 10.1. The molecule has 1 aromatic carbocycles. The Morgan fingerprint density at radius 1 is 1.50 bits per heavy atom. The van der Waals surface area contributed by atoms with Gasteiger partial charge in [-0.25, -0.2) is 4.79 Å². The minimum atomic E-state index is -0.918. The quantitative estimate of drug-likeness (QED) is 0.847. The van der Waals surface area contributed by atoms with Crippen LogP contribution in [0.3, 0.4) is 0 Å². The van der Waals surface area contributed by atoms with E-state index in [-0.39, 0.29) is 6.04 Å². The van der Waals surface area contributed by atoms with Gasteiger partial charge in [0.15, 0.2) is 0 Å². The van der Waals surface area contributed by atoms with Crippen LogP contribution in [0, 0.1) is 0 Å². The zero-order chi connectivity index (χ0) is 13.7. The number of nitrogens with zero attached hydrogens (tertiary/aromatic N) is 1. The van der Waals surface area contributed by atoms with E-state index in [9.17, 15) is 4.79 Å². The fourth-order valence-electron chi connectivity index (χ4n) is 1.61. The van der Waals surface area contributed by atoms with Crippen molar-refractivity contribution >= 4 is 27.6 Å². The molecule has 0 fully saturated rings. The fraction of sp³-hybridized carbons (Fsp3) is 0.462. The van der Waals surface area contributed by atoms with Crippen LogP contribution in [0.4, 0.5) is 5.69 Å². The van der Waals surface area contributed by atoms with Gasteiger partial charge in [-0.05, 0) is 52.2 Å². The molecule has 2 N–H and O–H groups in total. The number of nitrogens with one attached hydrogen (secondary N) is 1. The molecule has 0 saturated carbocycles. The van der Waals surface area contributed by atoms with Crippen molar-refractivity contribution < 1.29 is 9.90 Å². The predicted molar refractivity (Wildman–Crippen MR) is 77.4 cm³/mol. The molecule has 0 amide bonds. The predicted octanol–water partition coefficient (Wildman–Crippen LogP) is 2.90. The number of carboxylic acids is 1. The first-order chi connectivity index (χ1) is 8.40. The van der Waals surface area contributed by atoms with E-state index in [1.807, 2.05) is 20.2 Å². The first kappa shape index (κ1) is 15.0. The van der Waals surface area contributed by atoms with E-state index in [2.05, 4.69) is 33.1 Å². The molecule has 0 saturated heterocycles. The maximum absolute atomic E-state index is 11.2. The van der Waals surface area contributed by atoms with Crippen molar-refractivity contribution in [2.75, 3.05) is 26.0 Å². The molecule has 1 rings (SSSR count). The van der Waals surface area contributed by atoms with E-state index >= 15 is 0 Å². The summed E-state index contributed by atoms with van der Waals surface area (Å²) >= 11 is 3.28. The van der Waals surface area contributed by atoms with Gasteiger partial charge in [-0.1, -0.05) is 15.9 Å². The van der Waals surface area contributed by atoms with Crippen LogP contribution in [0.1, 0.15) is 23.7 Å². The minimum absolute atomic E-state index is 0.228.